The molecule has 2 aromatic carbocycles. The minimum absolute atomic E-state index is 0.0184. The van der Waals surface area contributed by atoms with Crippen molar-refractivity contribution in [3.8, 4) is 0 Å². The Bertz CT molecular complexity index is 921. The van der Waals surface area contributed by atoms with Gasteiger partial charge in [0.2, 0.25) is 11.6 Å². The monoisotopic (exact) mass is 400 g/mol. The van der Waals surface area contributed by atoms with Crippen molar-refractivity contribution in [2.75, 3.05) is 7.11 Å². The number of ketones is 2. The highest BCUT2D eigenvalue weighted by molar-refractivity contribution is 6.20. The average Bonchev–Trinajstić information content (AvgIpc) is 2.72. The quantitative estimate of drug-likeness (QED) is 0.348. The van der Waals surface area contributed by atoms with E-state index in [0.717, 1.165) is 7.11 Å². The lowest BCUT2D eigenvalue weighted by molar-refractivity contribution is -0.157. The highest BCUT2D eigenvalue weighted by Crippen LogP contribution is 2.28. The van der Waals surface area contributed by atoms with E-state index in [1.807, 2.05) is 0 Å². The van der Waals surface area contributed by atoms with Crippen molar-refractivity contribution >= 4 is 17.5 Å². The van der Waals surface area contributed by atoms with Crippen LogP contribution >= 0.6 is 0 Å². The molecule has 0 fully saturated rings. The maximum Gasteiger partial charge on any atom is 0.309 e. The number of aryl methyl sites for hydroxylation is 2. The molecule has 0 radical (unpaired) electrons. The maximum absolute atomic E-state index is 13.0. The molecule has 2 aromatic rings. The summed E-state index contributed by atoms with van der Waals surface area (Å²) in [5.41, 5.74) is -1.54. The lowest BCUT2D eigenvalue weighted by atomic mass is 9.80. The zero-order valence-electron chi connectivity index (χ0n) is 16.5. The fraction of sp³-hybridized carbons (Fsp3) is 0.318. The molecule has 7 nitrogen and oxygen atoms in total. The van der Waals surface area contributed by atoms with E-state index < -0.39 is 41.8 Å². The second-order valence-electron chi connectivity index (χ2n) is 6.87. The normalized spacial score (nSPS) is 15.1. The van der Waals surface area contributed by atoms with Gasteiger partial charge in [0.15, 0.2) is 5.60 Å². The van der Waals surface area contributed by atoms with Crippen molar-refractivity contribution in [3.63, 3.8) is 0 Å². The molecule has 0 aliphatic rings. The number of ether oxygens (including phenoxy) is 1. The van der Waals surface area contributed by atoms with Gasteiger partial charge in [-0.05, 0) is 30.5 Å². The topological polar surface area (TPSA) is 121 Å². The molecule has 29 heavy (non-hydrogen) atoms. The summed E-state index contributed by atoms with van der Waals surface area (Å²) in [4.78, 5) is 37.9. The summed E-state index contributed by atoms with van der Waals surface area (Å²) < 4.78 is 4.51. The largest absolute Gasteiger partial charge is 0.469 e. The molecule has 2 rings (SSSR count). The van der Waals surface area contributed by atoms with Crippen LogP contribution in [0.5, 0.6) is 0 Å². The predicted octanol–water partition coefficient (Wildman–Crippen LogP) is 1.44. The van der Waals surface area contributed by atoms with Crippen molar-refractivity contribution in [3.05, 3.63) is 70.8 Å². The zero-order valence-corrected chi connectivity index (χ0v) is 16.5. The minimum atomic E-state index is -2.90. The highest BCUT2D eigenvalue weighted by atomic mass is 16.5. The molecule has 0 bridgehead atoms. The number of benzene rings is 2. The summed E-state index contributed by atoms with van der Waals surface area (Å²) in [5, 5.41) is 32.0. The number of rotatable bonds is 8. The van der Waals surface area contributed by atoms with Crippen molar-refractivity contribution in [2.24, 2.45) is 0 Å². The molecule has 0 amide bonds. The first-order valence-corrected chi connectivity index (χ1v) is 8.99. The molecule has 3 atom stereocenters. The van der Waals surface area contributed by atoms with Gasteiger partial charge in [0, 0.05) is 5.56 Å². The highest BCUT2D eigenvalue weighted by Gasteiger charge is 2.50. The van der Waals surface area contributed by atoms with Gasteiger partial charge >= 0.3 is 5.97 Å². The van der Waals surface area contributed by atoms with Gasteiger partial charge in [-0.15, -0.1) is 0 Å². The Morgan fingerprint density at radius 3 is 2.07 bits per heavy atom. The summed E-state index contributed by atoms with van der Waals surface area (Å²) >= 11 is 0. The first-order chi connectivity index (χ1) is 13.6. The Morgan fingerprint density at radius 2 is 1.52 bits per heavy atom. The van der Waals surface area contributed by atoms with E-state index in [1.54, 1.807) is 50.2 Å². The van der Waals surface area contributed by atoms with Crippen LogP contribution in [0.15, 0.2) is 48.5 Å². The Labute approximate surface area is 168 Å². The number of hydrogen-bond donors (Lipinski definition) is 3. The molecule has 0 aliphatic heterocycles. The van der Waals surface area contributed by atoms with Crippen molar-refractivity contribution in [1.82, 2.24) is 0 Å². The average molecular weight is 400 g/mol. The number of hydrogen-bond acceptors (Lipinski definition) is 7. The second kappa shape index (κ2) is 9.09. The van der Waals surface area contributed by atoms with Gasteiger partial charge in [-0.25, -0.2) is 0 Å². The molecule has 0 aromatic heterocycles. The molecular weight excluding hydrogens is 376 g/mol. The van der Waals surface area contributed by atoms with Crippen LogP contribution in [-0.2, 0) is 14.3 Å². The van der Waals surface area contributed by atoms with Gasteiger partial charge in [-0.2, -0.15) is 0 Å². The molecule has 0 spiro atoms. The Hall–Kier alpha value is -2.87. The molecule has 7 heteroatoms. The van der Waals surface area contributed by atoms with Crippen LogP contribution in [0.1, 0.15) is 39.6 Å². The van der Waals surface area contributed by atoms with E-state index in [1.165, 1.54) is 12.1 Å². The lowest BCUT2D eigenvalue weighted by Crippen LogP contribution is -2.54. The fourth-order valence-electron chi connectivity index (χ4n) is 3.09. The van der Waals surface area contributed by atoms with Crippen LogP contribution in [0.3, 0.4) is 0 Å². The summed E-state index contributed by atoms with van der Waals surface area (Å²) in [6, 6.07) is 12.7. The molecule has 2 unspecified atom stereocenters. The number of esters is 1. The molecule has 154 valence electrons. The minimum Gasteiger partial charge on any atom is -0.469 e. The zero-order chi connectivity index (χ0) is 21.8. The van der Waals surface area contributed by atoms with Crippen molar-refractivity contribution in [2.45, 2.75) is 38.1 Å². The first-order valence-electron chi connectivity index (χ1n) is 8.99. The van der Waals surface area contributed by atoms with E-state index in [0.29, 0.717) is 11.1 Å². The van der Waals surface area contributed by atoms with Gasteiger partial charge in [0.1, 0.15) is 12.2 Å². The fourth-order valence-corrected chi connectivity index (χ4v) is 3.09. The molecular formula is C22H24O7. The third kappa shape index (κ3) is 4.59. The van der Waals surface area contributed by atoms with Crippen molar-refractivity contribution in [1.29, 1.82) is 0 Å². The number of methoxy groups -OCH3 is 1. The van der Waals surface area contributed by atoms with Gasteiger partial charge < -0.3 is 20.1 Å². The smallest absolute Gasteiger partial charge is 0.309 e. The van der Waals surface area contributed by atoms with Gasteiger partial charge in [0.25, 0.3) is 0 Å². The number of carbonyl (C=O) groups excluding carboxylic acids is 3. The number of Topliss-reactive ketones (excluding diaryl/α,β-unsaturated/α-hetero) is 2. The van der Waals surface area contributed by atoms with Crippen LogP contribution in [-0.4, -0.2) is 51.7 Å². The predicted molar refractivity (Wildman–Crippen MR) is 104 cm³/mol. The Kier molecular flexibility index (Phi) is 7.02. The van der Waals surface area contributed by atoms with Crippen LogP contribution in [0.4, 0.5) is 0 Å². The third-order valence-electron chi connectivity index (χ3n) is 4.88. The molecule has 0 heterocycles. The first kappa shape index (κ1) is 22.4. The van der Waals surface area contributed by atoms with Crippen LogP contribution in [0.25, 0.3) is 0 Å². The molecule has 3 N–H and O–H groups in total. The second-order valence-corrected chi connectivity index (χ2v) is 6.87. The molecule has 0 aliphatic carbocycles. The maximum atomic E-state index is 13.0. The summed E-state index contributed by atoms with van der Waals surface area (Å²) in [6.45, 7) is 3.28. The van der Waals surface area contributed by atoms with E-state index in [9.17, 15) is 29.7 Å². The lowest BCUT2D eigenvalue weighted by Gasteiger charge is -2.29. The standard InChI is InChI=1S/C22H24O7/c1-13-8-4-6-10-15(13)18(24)19(25)21(27)22(28,12-17(23)29-3)20(26)16-11-7-5-9-14(16)2/h4-11,18-19,24-25,28H,12H2,1-3H3/t18?,19?,22-/m1/s1. The number of aliphatic hydroxyl groups excluding tert-OH is 2. The summed E-state index contributed by atoms with van der Waals surface area (Å²) in [7, 11) is 1.05. The SMILES string of the molecule is COC(=O)C[C@@](O)(C(=O)c1ccccc1C)C(=O)C(O)C(O)c1ccccc1C. The summed E-state index contributed by atoms with van der Waals surface area (Å²) in [5.74, 6) is -3.45. The Morgan fingerprint density at radius 1 is 0.966 bits per heavy atom. The number of carbonyl (C=O) groups is 3. The van der Waals surface area contributed by atoms with Crippen LogP contribution in [0, 0.1) is 13.8 Å². The van der Waals surface area contributed by atoms with Crippen molar-refractivity contribution < 1.29 is 34.4 Å². The van der Waals surface area contributed by atoms with Gasteiger partial charge in [0.05, 0.1) is 13.5 Å². The van der Waals surface area contributed by atoms with E-state index in [4.69, 9.17) is 0 Å². The third-order valence-corrected chi connectivity index (χ3v) is 4.88. The van der Waals surface area contributed by atoms with E-state index >= 15 is 0 Å². The van der Waals surface area contributed by atoms with E-state index in [2.05, 4.69) is 4.74 Å². The van der Waals surface area contributed by atoms with Crippen LogP contribution < -0.4 is 0 Å². The summed E-state index contributed by atoms with van der Waals surface area (Å²) in [6.07, 6.45) is -4.83. The molecule has 0 saturated carbocycles. The van der Waals surface area contributed by atoms with Gasteiger partial charge in [-0.3, -0.25) is 14.4 Å². The molecule has 0 saturated heterocycles. The van der Waals surface area contributed by atoms with Gasteiger partial charge in [-0.1, -0.05) is 48.5 Å². The van der Waals surface area contributed by atoms with Crippen LogP contribution in [0.2, 0.25) is 0 Å². The van der Waals surface area contributed by atoms with E-state index in [-0.39, 0.29) is 11.1 Å². The Balaban J connectivity index is 2.46. The number of aliphatic hydroxyl groups is 3.